The Morgan fingerprint density at radius 2 is 1.96 bits per heavy atom. The van der Waals surface area contributed by atoms with Crippen molar-refractivity contribution >= 4 is 27.7 Å². The Labute approximate surface area is 155 Å². The molecule has 0 fully saturated rings. The van der Waals surface area contributed by atoms with Gasteiger partial charge in [0.25, 0.3) is 5.91 Å². The fourth-order valence-electron chi connectivity index (χ4n) is 2.20. The van der Waals surface area contributed by atoms with Crippen molar-refractivity contribution in [3.63, 3.8) is 0 Å². The number of amides is 2. The maximum absolute atomic E-state index is 12.4. The number of rotatable bonds is 4. The molecule has 0 aliphatic carbocycles. The Balaban J connectivity index is 2.14. The second-order valence-corrected chi connectivity index (χ2v) is 7.77. The van der Waals surface area contributed by atoms with Crippen LogP contribution in [0.5, 0.6) is 0 Å². The third-order valence-corrected chi connectivity index (χ3v) is 3.89. The lowest BCUT2D eigenvalue weighted by Crippen LogP contribution is -2.51. The Morgan fingerprint density at radius 1 is 1.28 bits per heavy atom. The number of hydrogen-bond donors (Lipinski definition) is 2. The van der Waals surface area contributed by atoms with Gasteiger partial charge in [0.1, 0.15) is 6.04 Å². The van der Waals surface area contributed by atoms with E-state index in [0.29, 0.717) is 5.69 Å². The van der Waals surface area contributed by atoms with Gasteiger partial charge in [0.05, 0.1) is 11.4 Å². The number of halogens is 1. The molecule has 2 N–H and O–H groups in total. The van der Waals surface area contributed by atoms with E-state index in [1.807, 2.05) is 45.0 Å². The first-order valence-electron chi connectivity index (χ1n) is 7.89. The lowest BCUT2D eigenvalue weighted by molar-refractivity contribution is -0.124. The van der Waals surface area contributed by atoms with Crippen LogP contribution in [0.1, 0.15) is 43.9 Å². The van der Waals surface area contributed by atoms with Crippen LogP contribution in [0.15, 0.2) is 28.7 Å². The molecule has 1 aromatic heterocycles. The molecule has 0 aliphatic rings. The van der Waals surface area contributed by atoms with Crippen LogP contribution in [0.25, 0.3) is 5.69 Å². The molecule has 1 aromatic carbocycles. The fraction of sp³-hybridized carbons (Fsp3) is 0.412. The molecule has 8 heteroatoms. The third kappa shape index (κ3) is 4.88. The van der Waals surface area contributed by atoms with Crippen LogP contribution in [-0.2, 0) is 4.79 Å². The van der Waals surface area contributed by atoms with Gasteiger partial charge in [0.2, 0.25) is 5.91 Å². The van der Waals surface area contributed by atoms with Gasteiger partial charge in [-0.25, -0.2) is 4.68 Å². The van der Waals surface area contributed by atoms with E-state index in [2.05, 4.69) is 36.9 Å². The minimum atomic E-state index is -0.679. The predicted molar refractivity (Wildman–Crippen MR) is 98.6 cm³/mol. The van der Waals surface area contributed by atoms with Crippen LogP contribution in [0.3, 0.4) is 0 Å². The standard InChI is InChI=1S/C17H22BrN5O2/c1-10(15(24)20-17(3,4)5)19-16(25)14-11(2)23(22-21-14)13-8-6-7-12(18)9-13/h6-10H,1-5H3,(H,19,25)(H,20,24). The van der Waals surface area contributed by atoms with Gasteiger partial charge in [-0.05, 0) is 52.8 Å². The maximum atomic E-state index is 12.4. The molecule has 25 heavy (non-hydrogen) atoms. The highest BCUT2D eigenvalue weighted by molar-refractivity contribution is 9.10. The number of hydrogen-bond acceptors (Lipinski definition) is 4. The summed E-state index contributed by atoms with van der Waals surface area (Å²) >= 11 is 3.41. The van der Waals surface area contributed by atoms with E-state index in [9.17, 15) is 9.59 Å². The molecule has 2 rings (SSSR count). The minimum absolute atomic E-state index is 0.190. The molecule has 7 nitrogen and oxygen atoms in total. The van der Waals surface area contributed by atoms with Crippen molar-refractivity contribution in [1.29, 1.82) is 0 Å². The first kappa shape index (κ1) is 19.1. The van der Waals surface area contributed by atoms with Crippen molar-refractivity contribution in [3.8, 4) is 5.69 Å². The van der Waals surface area contributed by atoms with Crippen LogP contribution < -0.4 is 10.6 Å². The Morgan fingerprint density at radius 3 is 2.56 bits per heavy atom. The number of carbonyl (C=O) groups excluding carboxylic acids is 2. The average molecular weight is 408 g/mol. The Bertz CT molecular complexity index is 795. The highest BCUT2D eigenvalue weighted by Gasteiger charge is 2.24. The zero-order chi connectivity index (χ0) is 18.8. The Kier molecular flexibility index (Phi) is 5.62. The van der Waals surface area contributed by atoms with Gasteiger partial charge < -0.3 is 10.6 Å². The number of benzene rings is 1. The smallest absolute Gasteiger partial charge is 0.274 e. The summed E-state index contributed by atoms with van der Waals surface area (Å²) in [5, 5.41) is 13.5. The lowest BCUT2D eigenvalue weighted by atomic mass is 10.1. The average Bonchev–Trinajstić information content (AvgIpc) is 2.87. The molecule has 0 bridgehead atoms. The van der Waals surface area contributed by atoms with Gasteiger partial charge in [-0.1, -0.05) is 27.2 Å². The molecule has 1 unspecified atom stereocenters. The third-order valence-electron chi connectivity index (χ3n) is 3.40. The molecular formula is C17H22BrN5O2. The van der Waals surface area contributed by atoms with Crippen molar-refractivity contribution in [3.05, 3.63) is 40.1 Å². The maximum Gasteiger partial charge on any atom is 0.274 e. The normalized spacial score (nSPS) is 12.6. The topological polar surface area (TPSA) is 88.9 Å². The summed E-state index contributed by atoms with van der Waals surface area (Å²) in [5.74, 6) is -0.687. The van der Waals surface area contributed by atoms with Crippen molar-refractivity contribution in [2.24, 2.45) is 0 Å². The van der Waals surface area contributed by atoms with Crippen LogP contribution in [0, 0.1) is 6.92 Å². The fourth-order valence-corrected chi connectivity index (χ4v) is 2.59. The van der Waals surface area contributed by atoms with Gasteiger partial charge in [0, 0.05) is 10.0 Å². The van der Waals surface area contributed by atoms with Gasteiger partial charge >= 0.3 is 0 Å². The largest absolute Gasteiger partial charge is 0.350 e. The summed E-state index contributed by atoms with van der Waals surface area (Å²) in [6.45, 7) is 9.04. The molecule has 0 radical (unpaired) electrons. The minimum Gasteiger partial charge on any atom is -0.350 e. The predicted octanol–water partition coefficient (Wildman–Crippen LogP) is 2.37. The van der Waals surface area contributed by atoms with E-state index in [4.69, 9.17) is 0 Å². The van der Waals surface area contributed by atoms with Crippen LogP contribution in [0.4, 0.5) is 0 Å². The van der Waals surface area contributed by atoms with E-state index in [0.717, 1.165) is 10.2 Å². The monoisotopic (exact) mass is 407 g/mol. The van der Waals surface area contributed by atoms with Crippen molar-refractivity contribution in [2.75, 3.05) is 0 Å². The van der Waals surface area contributed by atoms with Crippen molar-refractivity contribution < 1.29 is 9.59 Å². The van der Waals surface area contributed by atoms with E-state index in [-0.39, 0.29) is 17.1 Å². The summed E-state index contributed by atoms with van der Waals surface area (Å²) in [6, 6.07) is 6.84. The number of nitrogens with one attached hydrogen (secondary N) is 2. The van der Waals surface area contributed by atoms with Crippen LogP contribution >= 0.6 is 15.9 Å². The number of nitrogens with zero attached hydrogens (tertiary/aromatic N) is 3. The summed E-state index contributed by atoms with van der Waals surface area (Å²) in [7, 11) is 0. The summed E-state index contributed by atoms with van der Waals surface area (Å²) < 4.78 is 2.48. The van der Waals surface area contributed by atoms with Crippen LogP contribution in [0.2, 0.25) is 0 Å². The molecule has 1 atom stereocenters. The van der Waals surface area contributed by atoms with Crippen molar-refractivity contribution in [1.82, 2.24) is 25.6 Å². The second kappa shape index (κ2) is 7.35. The van der Waals surface area contributed by atoms with Crippen molar-refractivity contribution in [2.45, 2.75) is 46.2 Å². The lowest BCUT2D eigenvalue weighted by Gasteiger charge is -2.23. The van der Waals surface area contributed by atoms with Gasteiger partial charge in [0.15, 0.2) is 5.69 Å². The molecule has 0 saturated heterocycles. The molecular weight excluding hydrogens is 386 g/mol. The first-order valence-corrected chi connectivity index (χ1v) is 8.69. The molecule has 2 amide bonds. The number of aromatic nitrogens is 3. The molecule has 134 valence electrons. The zero-order valence-corrected chi connectivity index (χ0v) is 16.5. The summed E-state index contributed by atoms with van der Waals surface area (Å²) in [6.07, 6.45) is 0. The Hall–Kier alpha value is -2.22. The number of carbonyl (C=O) groups is 2. The summed E-state index contributed by atoms with van der Waals surface area (Å²) in [5.41, 5.74) is 1.21. The zero-order valence-electron chi connectivity index (χ0n) is 14.9. The van der Waals surface area contributed by atoms with E-state index >= 15 is 0 Å². The molecule has 2 aromatic rings. The van der Waals surface area contributed by atoms with Crippen LogP contribution in [-0.4, -0.2) is 38.4 Å². The van der Waals surface area contributed by atoms with E-state index < -0.39 is 11.9 Å². The molecule has 0 spiro atoms. The van der Waals surface area contributed by atoms with E-state index in [1.54, 1.807) is 18.5 Å². The SMILES string of the molecule is Cc1c(C(=O)NC(C)C(=O)NC(C)(C)C)nnn1-c1cccc(Br)c1. The molecule has 0 aliphatic heterocycles. The highest BCUT2D eigenvalue weighted by Crippen LogP contribution is 2.17. The van der Waals surface area contributed by atoms with Gasteiger partial charge in [-0.2, -0.15) is 0 Å². The van der Waals surface area contributed by atoms with Gasteiger partial charge in [-0.3, -0.25) is 9.59 Å². The molecule has 0 saturated carbocycles. The summed E-state index contributed by atoms with van der Waals surface area (Å²) in [4.78, 5) is 24.5. The van der Waals surface area contributed by atoms with Gasteiger partial charge in [-0.15, -0.1) is 5.10 Å². The van der Waals surface area contributed by atoms with E-state index in [1.165, 1.54) is 0 Å². The quantitative estimate of drug-likeness (QED) is 0.813. The first-order chi connectivity index (χ1) is 11.6. The highest BCUT2D eigenvalue weighted by atomic mass is 79.9. The second-order valence-electron chi connectivity index (χ2n) is 6.85. The molecule has 1 heterocycles.